The van der Waals surface area contributed by atoms with Crippen molar-refractivity contribution < 1.29 is 24.6 Å². The van der Waals surface area contributed by atoms with E-state index in [9.17, 15) is 24.3 Å². The van der Waals surface area contributed by atoms with Gasteiger partial charge < -0.3 is 36.8 Å². The number of nitrogens with two attached hydrogens (primary N) is 1. The number of aliphatic carboxylic acids is 2. The van der Waals surface area contributed by atoms with Crippen LogP contribution in [0.5, 0.6) is 0 Å². The van der Waals surface area contributed by atoms with Gasteiger partial charge in [-0.15, -0.1) is 0 Å². The molecule has 2 heterocycles. The van der Waals surface area contributed by atoms with E-state index >= 15 is 0 Å². The molecular weight excluding hydrogens is 422 g/mol. The van der Waals surface area contributed by atoms with Crippen LogP contribution in [0.1, 0.15) is 12.8 Å². The lowest BCUT2D eigenvalue weighted by molar-refractivity contribution is -0.139. The SMILES string of the molecule is Nc1nc2c(c(=O)[nH]1)N(C=O)[C@H](CNc1ccc(N[C@@H](CCC(=O)O)C(=O)O)cc1)CN2. The van der Waals surface area contributed by atoms with Crippen molar-refractivity contribution in [3.8, 4) is 0 Å². The number of amides is 1. The van der Waals surface area contributed by atoms with Gasteiger partial charge in [0.2, 0.25) is 12.4 Å². The minimum absolute atomic E-state index is 0.0505. The molecule has 1 aromatic heterocycles. The minimum Gasteiger partial charge on any atom is -0.481 e. The highest BCUT2D eigenvalue weighted by molar-refractivity contribution is 5.84. The predicted octanol–water partition coefficient (Wildman–Crippen LogP) is -0.0490. The lowest BCUT2D eigenvalue weighted by Gasteiger charge is -2.34. The second kappa shape index (κ2) is 9.68. The quantitative estimate of drug-likeness (QED) is 0.242. The Balaban J connectivity index is 1.62. The first-order valence-electron chi connectivity index (χ1n) is 9.71. The summed E-state index contributed by atoms with van der Waals surface area (Å²) in [5.41, 5.74) is 6.33. The molecule has 8 N–H and O–H groups in total. The van der Waals surface area contributed by atoms with Crippen molar-refractivity contribution in [1.29, 1.82) is 0 Å². The number of aromatic nitrogens is 2. The molecule has 1 aliphatic rings. The summed E-state index contributed by atoms with van der Waals surface area (Å²) in [4.78, 5) is 53.5. The van der Waals surface area contributed by atoms with Gasteiger partial charge in [0.25, 0.3) is 5.56 Å². The fourth-order valence-corrected chi connectivity index (χ4v) is 3.30. The smallest absolute Gasteiger partial charge is 0.326 e. The van der Waals surface area contributed by atoms with Crippen LogP contribution < -0.4 is 32.1 Å². The number of hydrogen-bond donors (Lipinski definition) is 7. The normalized spacial score (nSPS) is 15.8. The highest BCUT2D eigenvalue weighted by Crippen LogP contribution is 2.25. The first-order chi connectivity index (χ1) is 15.3. The number of H-pyrrole nitrogens is 1. The van der Waals surface area contributed by atoms with Crippen molar-refractivity contribution in [2.75, 3.05) is 39.7 Å². The Bertz CT molecular complexity index is 1060. The summed E-state index contributed by atoms with van der Waals surface area (Å²) >= 11 is 0. The molecule has 3 rings (SSSR count). The average Bonchev–Trinajstić information content (AvgIpc) is 2.75. The number of nitrogens with zero attached hydrogens (tertiary/aromatic N) is 2. The number of nitrogen functional groups attached to an aromatic ring is 1. The third kappa shape index (κ3) is 5.24. The molecule has 13 nitrogen and oxygen atoms in total. The molecule has 1 amide bonds. The summed E-state index contributed by atoms with van der Waals surface area (Å²) in [5, 5.41) is 26.9. The number of rotatable bonds is 10. The summed E-state index contributed by atoms with van der Waals surface area (Å²) in [6.07, 6.45) is 0.248. The second-order valence-corrected chi connectivity index (χ2v) is 7.12. The molecule has 0 saturated carbocycles. The van der Waals surface area contributed by atoms with Gasteiger partial charge in [0.15, 0.2) is 11.5 Å². The van der Waals surface area contributed by atoms with Crippen LogP contribution >= 0.6 is 0 Å². The van der Waals surface area contributed by atoms with Crippen molar-refractivity contribution in [2.45, 2.75) is 24.9 Å². The van der Waals surface area contributed by atoms with Gasteiger partial charge in [-0.2, -0.15) is 4.98 Å². The number of nitrogens with one attached hydrogen (secondary N) is 4. The lowest BCUT2D eigenvalue weighted by Crippen LogP contribution is -2.49. The standard InChI is InChI=1S/C19H23N7O6/c20-19-24-16-15(17(30)25-19)26(9-27)12(8-22-16)7-21-10-1-3-11(4-2-10)23-13(18(31)32)5-6-14(28)29/h1-4,9,12-13,21,23H,5-8H2,(H,28,29)(H,31,32)(H4,20,22,24,25,30)/t12-,13+/m1/s1. The zero-order chi connectivity index (χ0) is 23.3. The summed E-state index contributed by atoms with van der Waals surface area (Å²) in [6.45, 7) is 0.663. The lowest BCUT2D eigenvalue weighted by atomic mass is 10.1. The van der Waals surface area contributed by atoms with Crippen LogP contribution in [0.2, 0.25) is 0 Å². The van der Waals surface area contributed by atoms with Gasteiger partial charge in [-0.1, -0.05) is 0 Å². The van der Waals surface area contributed by atoms with Gasteiger partial charge in [0, 0.05) is 30.9 Å². The van der Waals surface area contributed by atoms with E-state index in [1.807, 2.05) is 0 Å². The summed E-state index contributed by atoms with van der Waals surface area (Å²) in [7, 11) is 0. The van der Waals surface area contributed by atoms with Gasteiger partial charge in [0.05, 0.1) is 6.04 Å². The second-order valence-electron chi connectivity index (χ2n) is 7.12. The van der Waals surface area contributed by atoms with Crippen LogP contribution in [0.4, 0.5) is 28.8 Å². The van der Waals surface area contributed by atoms with Gasteiger partial charge in [0.1, 0.15) is 6.04 Å². The van der Waals surface area contributed by atoms with Gasteiger partial charge in [-0.25, -0.2) is 4.79 Å². The Kier molecular flexibility index (Phi) is 6.77. The molecule has 2 aromatic rings. The number of fused-ring (bicyclic) bond motifs is 1. The first kappa shape index (κ1) is 22.4. The molecule has 0 bridgehead atoms. The Hall–Kier alpha value is -4.29. The largest absolute Gasteiger partial charge is 0.481 e. The number of carbonyl (C=O) groups excluding carboxylic acids is 1. The van der Waals surface area contributed by atoms with E-state index in [2.05, 4.69) is 25.9 Å². The van der Waals surface area contributed by atoms with Gasteiger partial charge in [-0.3, -0.25) is 19.4 Å². The van der Waals surface area contributed by atoms with Gasteiger partial charge >= 0.3 is 11.9 Å². The average molecular weight is 445 g/mol. The van der Waals surface area contributed by atoms with E-state index in [0.29, 0.717) is 30.9 Å². The number of hydrogen-bond acceptors (Lipinski definition) is 9. The molecule has 0 aliphatic carbocycles. The Labute approximate surface area is 181 Å². The van der Waals surface area contributed by atoms with Crippen molar-refractivity contribution in [2.24, 2.45) is 0 Å². The zero-order valence-corrected chi connectivity index (χ0v) is 16.9. The van der Waals surface area contributed by atoms with Crippen LogP contribution in [0.3, 0.4) is 0 Å². The molecule has 0 saturated heterocycles. The Morgan fingerprint density at radius 3 is 2.59 bits per heavy atom. The van der Waals surface area contributed by atoms with Crippen molar-refractivity contribution in [3.63, 3.8) is 0 Å². The van der Waals surface area contributed by atoms with E-state index < -0.39 is 23.5 Å². The monoisotopic (exact) mass is 445 g/mol. The van der Waals surface area contributed by atoms with Crippen LogP contribution in [0.15, 0.2) is 29.1 Å². The number of carboxylic acid groups (broad SMARTS) is 2. The zero-order valence-electron chi connectivity index (χ0n) is 16.9. The maximum atomic E-state index is 12.2. The van der Waals surface area contributed by atoms with E-state index in [-0.39, 0.29) is 36.3 Å². The van der Waals surface area contributed by atoms with E-state index in [0.717, 1.165) is 0 Å². The number of benzene rings is 1. The molecule has 0 unspecified atom stereocenters. The molecule has 0 radical (unpaired) electrons. The van der Waals surface area contributed by atoms with Crippen LogP contribution in [0.25, 0.3) is 0 Å². The highest BCUT2D eigenvalue weighted by atomic mass is 16.4. The van der Waals surface area contributed by atoms with Crippen molar-refractivity contribution in [3.05, 3.63) is 34.6 Å². The maximum Gasteiger partial charge on any atom is 0.326 e. The number of aromatic amines is 1. The summed E-state index contributed by atoms with van der Waals surface area (Å²) < 4.78 is 0. The van der Waals surface area contributed by atoms with E-state index in [1.165, 1.54) is 4.90 Å². The molecule has 1 aliphatic heterocycles. The Morgan fingerprint density at radius 1 is 1.28 bits per heavy atom. The molecule has 0 spiro atoms. The van der Waals surface area contributed by atoms with Crippen molar-refractivity contribution >= 4 is 47.2 Å². The third-order valence-electron chi connectivity index (χ3n) is 4.90. The molecular formula is C19H23N7O6. The topological polar surface area (TPSA) is 203 Å². The fourth-order valence-electron chi connectivity index (χ4n) is 3.30. The number of carbonyl (C=O) groups is 3. The number of carboxylic acids is 2. The highest BCUT2D eigenvalue weighted by Gasteiger charge is 2.29. The molecule has 32 heavy (non-hydrogen) atoms. The third-order valence-corrected chi connectivity index (χ3v) is 4.90. The first-order valence-corrected chi connectivity index (χ1v) is 9.71. The van der Waals surface area contributed by atoms with Crippen LogP contribution in [-0.4, -0.2) is 63.7 Å². The van der Waals surface area contributed by atoms with E-state index in [4.69, 9.17) is 10.8 Å². The van der Waals surface area contributed by atoms with Crippen LogP contribution in [-0.2, 0) is 14.4 Å². The predicted molar refractivity (Wildman–Crippen MR) is 117 cm³/mol. The minimum atomic E-state index is -1.14. The fraction of sp³-hybridized carbons (Fsp3) is 0.316. The summed E-state index contributed by atoms with van der Waals surface area (Å²) in [6, 6.07) is 5.33. The maximum absolute atomic E-state index is 12.2. The molecule has 0 fully saturated rings. The number of anilines is 5. The van der Waals surface area contributed by atoms with E-state index in [1.54, 1.807) is 24.3 Å². The van der Waals surface area contributed by atoms with Crippen LogP contribution in [0, 0.1) is 0 Å². The molecule has 170 valence electrons. The molecule has 13 heteroatoms. The van der Waals surface area contributed by atoms with Gasteiger partial charge in [-0.05, 0) is 30.7 Å². The van der Waals surface area contributed by atoms with Crippen molar-refractivity contribution in [1.82, 2.24) is 9.97 Å². The molecule has 1 aromatic carbocycles. The Morgan fingerprint density at radius 2 is 1.97 bits per heavy atom. The molecule has 2 atom stereocenters. The summed E-state index contributed by atoms with van der Waals surface area (Å²) in [5.74, 6) is -2.02.